The van der Waals surface area contributed by atoms with Crippen molar-refractivity contribution in [1.82, 2.24) is 5.32 Å². The molecule has 0 aliphatic carbocycles. The highest BCUT2D eigenvalue weighted by Crippen LogP contribution is 2.08. The number of aliphatic hydroxyl groups excluding tert-OH is 1. The molecule has 0 heterocycles. The fourth-order valence-corrected chi connectivity index (χ4v) is 1.52. The van der Waals surface area contributed by atoms with Gasteiger partial charge in [0.2, 0.25) is 0 Å². The predicted octanol–water partition coefficient (Wildman–Crippen LogP) is 1.95. The molecular formula is C13H17FN2O. The van der Waals surface area contributed by atoms with Crippen LogP contribution in [0.2, 0.25) is 0 Å². The molecule has 1 aromatic carbocycles. The molecule has 0 aromatic heterocycles. The summed E-state index contributed by atoms with van der Waals surface area (Å²) in [6.45, 7) is 3.10. The van der Waals surface area contributed by atoms with Crippen LogP contribution in [0.1, 0.15) is 30.9 Å². The van der Waals surface area contributed by atoms with E-state index in [0.717, 1.165) is 12.0 Å². The molecule has 4 heteroatoms. The summed E-state index contributed by atoms with van der Waals surface area (Å²) in [7, 11) is 0. The largest absolute Gasteiger partial charge is 0.393 e. The molecule has 0 spiro atoms. The van der Waals surface area contributed by atoms with Crippen molar-refractivity contribution in [1.29, 1.82) is 5.26 Å². The molecule has 0 fully saturated rings. The zero-order valence-electron chi connectivity index (χ0n) is 9.91. The van der Waals surface area contributed by atoms with Crippen molar-refractivity contribution in [2.24, 2.45) is 0 Å². The maximum absolute atomic E-state index is 13.1. The lowest BCUT2D eigenvalue weighted by molar-refractivity contribution is 0.159. The molecule has 1 aromatic rings. The molecule has 3 nitrogen and oxygen atoms in total. The Kier molecular flexibility index (Phi) is 5.61. The summed E-state index contributed by atoms with van der Waals surface area (Å²) in [5.41, 5.74) is 1.07. The van der Waals surface area contributed by atoms with Crippen LogP contribution in [0.3, 0.4) is 0 Å². The van der Waals surface area contributed by atoms with Gasteiger partial charge in [-0.25, -0.2) is 4.39 Å². The minimum Gasteiger partial charge on any atom is -0.393 e. The number of hydrogen-bond donors (Lipinski definition) is 2. The highest BCUT2D eigenvalue weighted by atomic mass is 19.1. The Labute approximate surface area is 101 Å². The summed E-state index contributed by atoms with van der Waals surface area (Å²) < 4.78 is 13.1. The van der Waals surface area contributed by atoms with Crippen LogP contribution < -0.4 is 5.32 Å². The summed E-state index contributed by atoms with van der Waals surface area (Å²) in [6, 6.07) is 6.20. The average Bonchev–Trinajstić information content (AvgIpc) is 2.33. The van der Waals surface area contributed by atoms with Gasteiger partial charge >= 0.3 is 0 Å². The van der Waals surface area contributed by atoms with Crippen molar-refractivity contribution < 1.29 is 9.50 Å². The second-order valence-electron chi connectivity index (χ2n) is 3.99. The van der Waals surface area contributed by atoms with Gasteiger partial charge in [-0.15, -0.1) is 0 Å². The molecule has 0 radical (unpaired) electrons. The van der Waals surface area contributed by atoms with Crippen molar-refractivity contribution in [2.75, 3.05) is 6.54 Å². The quantitative estimate of drug-likeness (QED) is 0.742. The Morgan fingerprint density at radius 2 is 2.24 bits per heavy atom. The Balaban J connectivity index is 2.42. The molecule has 2 N–H and O–H groups in total. The molecule has 1 atom stereocenters. The lowest BCUT2D eigenvalue weighted by Gasteiger charge is -2.09. The molecule has 1 unspecified atom stereocenters. The van der Waals surface area contributed by atoms with Gasteiger partial charge < -0.3 is 10.4 Å². The van der Waals surface area contributed by atoms with E-state index in [1.54, 1.807) is 6.07 Å². The van der Waals surface area contributed by atoms with E-state index in [4.69, 9.17) is 5.26 Å². The lowest BCUT2D eigenvalue weighted by Crippen LogP contribution is -2.19. The third kappa shape index (κ3) is 4.94. The molecule has 17 heavy (non-hydrogen) atoms. The van der Waals surface area contributed by atoms with Crippen molar-refractivity contribution in [3.8, 4) is 6.07 Å². The first-order valence-electron chi connectivity index (χ1n) is 5.74. The Hall–Kier alpha value is -1.44. The van der Waals surface area contributed by atoms with Gasteiger partial charge in [0.05, 0.1) is 17.7 Å². The predicted molar refractivity (Wildman–Crippen MR) is 63.7 cm³/mol. The molecular weight excluding hydrogens is 219 g/mol. The first-order valence-corrected chi connectivity index (χ1v) is 5.74. The van der Waals surface area contributed by atoms with Crippen LogP contribution in [-0.4, -0.2) is 17.8 Å². The Morgan fingerprint density at radius 3 is 2.88 bits per heavy atom. The van der Waals surface area contributed by atoms with Crippen LogP contribution in [0.5, 0.6) is 0 Å². The van der Waals surface area contributed by atoms with Gasteiger partial charge in [-0.1, -0.05) is 6.92 Å². The molecule has 1 rings (SSSR count). The summed E-state index contributed by atoms with van der Waals surface area (Å²) in [4.78, 5) is 0. The number of halogens is 1. The van der Waals surface area contributed by atoms with Crippen LogP contribution >= 0.6 is 0 Å². The molecule has 0 saturated heterocycles. The summed E-state index contributed by atoms with van der Waals surface area (Å²) >= 11 is 0. The number of nitrogens with zero attached hydrogens (tertiary/aromatic N) is 1. The van der Waals surface area contributed by atoms with Crippen molar-refractivity contribution >= 4 is 0 Å². The number of benzene rings is 1. The van der Waals surface area contributed by atoms with E-state index in [-0.39, 0.29) is 6.10 Å². The van der Waals surface area contributed by atoms with E-state index < -0.39 is 5.82 Å². The zero-order chi connectivity index (χ0) is 12.7. The van der Waals surface area contributed by atoms with Gasteiger partial charge in [-0.05, 0) is 43.1 Å². The number of hydrogen-bond acceptors (Lipinski definition) is 3. The van der Waals surface area contributed by atoms with Gasteiger partial charge in [0.15, 0.2) is 0 Å². The molecule has 0 bridgehead atoms. The normalized spacial score (nSPS) is 12.1. The Bertz CT molecular complexity index is 401. The molecule has 0 aliphatic heterocycles. The van der Waals surface area contributed by atoms with E-state index >= 15 is 0 Å². The first kappa shape index (κ1) is 13.6. The molecule has 0 amide bonds. The van der Waals surface area contributed by atoms with Crippen molar-refractivity contribution in [2.45, 2.75) is 32.4 Å². The van der Waals surface area contributed by atoms with Crippen LogP contribution in [0.4, 0.5) is 4.39 Å². The highest BCUT2D eigenvalue weighted by Gasteiger charge is 2.02. The number of nitrogens with one attached hydrogen (secondary N) is 1. The van der Waals surface area contributed by atoms with Crippen molar-refractivity contribution in [3.63, 3.8) is 0 Å². The summed E-state index contributed by atoms with van der Waals surface area (Å²) in [5.74, 6) is -0.394. The summed E-state index contributed by atoms with van der Waals surface area (Å²) in [5, 5.41) is 21.1. The molecule has 0 saturated carbocycles. The van der Waals surface area contributed by atoms with Crippen LogP contribution in [0.15, 0.2) is 18.2 Å². The standard InChI is InChI=1S/C13H17FN2O/c1-2-13(17)3-4-16-9-11-5-10(8-15)6-12(14)7-11/h5-7,13,16-17H,2-4,9H2,1H3. The molecule has 92 valence electrons. The van der Waals surface area contributed by atoms with E-state index in [1.807, 2.05) is 13.0 Å². The fourth-order valence-electron chi connectivity index (χ4n) is 1.52. The van der Waals surface area contributed by atoms with Gasteiger partial charge in [0.1, 0.15) is 5.82 Å². The maximum Gasteiger partial charge on any atom is 0.124 e. The average molecular weight is 236 g/mol. The Morgan fingerprint density at radius 1 is 1.47 bits per heavy atom. The second kappa shape index (κ2) is 7.00. The smallest absolute Gasteiger partial charge is 0.124 e. The van der Waals surface area contributed by atoms with Gasteiger partial charge in [-0.3, -0.25) is 0 Å². The maximum atomic E-state index is 13.1. The van der Waals surface area contributed by atoms with Gasteiger partial charge in [-0.2, -0.15) is 5.26 Å². The van der Waals surface area contributed by atoms with E-state index in [0.29, 0.717) is 25.1 Å². The molecule has 0 aliphatic rings. The van der Waals surface area contributed by atoms with E-state index in [9.17, 15) is 9.50 Å². The minimum atomic E-state index is -0.394. The topological polar surface area (TPSA) is 56.0 Å². The SMILES string of the molecule is CCC(O)CCNCc1cc(F)cc(C#N)c1. The lowest BCUT2D eigenvalue weighted by atomic mass is 10.1. The van der Waals surface area contributed by atoms with Gasteiger partial charge in [0.25, 0.3) is 0 Å². The highest BCUT2D eigenvalue weighted by molar-refractivity contribution is 5.33. The monoisotopic (exact) mass is 236 g/mol. The number of aliphatic hydroxyl groups is 1. The van der Waals surface area contributed by atoms with E-state index in [2.05, 4.69) is 5.32 Å². The van der Waals surface area contributed by atoms with E-state index in [1.165, 1.54) is 12.1 Å². The van der Waals surface area contributed by atoms with Crippen molar-refractivity contribution in [3.05, 3.63) is 35.1 Å². The number of nitriles is 1. The first-order chi connectivity index (χ1) is 8.15. The third-order valence-electron chi connectivity index (χ3n) is 2.54. The second-order valence-corrected chi connectivity index (χ2v) is 3.99. The summed E-state index contributed by atoms with van der Waals surface area (Å²) in [6.07, 6.45) is 1.13. The fraction of sp³-hybridized carbons (Fsp3) is 0.462. The third-order valence-corrected chi connectivity index (χ3v) is 2.54. The minimum absolute atomic E-state index is 0.287. The number of rotatable bonds is 6. The van der Waals surface area contributed by atoms with Gasteiger partial charge in [0, 0.05) is 6.54 Å². The van der Waals surface area contributed by atoms with Crippen LogP contribution in [0, 0.1) is 17.1 Å². The zero-order valence-corrected chi connectivity index (χ0v) is 9.91. The van der Waals surface area contributed by atoms with Crippen LogP contribution in [-0.2, 0) is 6.54 Å². The van der Waals surface area contributed by atoms with Crippen LogP contribution in [0.25, 0.3) is 0 Å².